The molecule has 0 aromatic rings. The van der Waals surface area contributed by atoms with Crippen molar-refractivity contribution in [2.24, 2.45) is 0 Å². The summed E-state index contributed by atoms with van der Waals surface area (Å²) in [5.74, 6) is 0. The Morgan fingerprint density at radius 3 is 1.87 bits per heavy atom. The molecule has 5 heteroatoms. The van der Waals surface area contributed by atoms with Gasteiger partial charge in [0, 0.05) is 19.8 Å². The van der Waals surface area contributed by atoms with Gasteiger partial charge >= 0.3 is 8.97 Å². The van der Waals surface area contributed by atoms with Crippen LogP contribution in [0.25, 0.3) is 0 Å². The predicted octanol–water partition coefficient (Wildman–Crippen LogP) is 1.92. The Kier molecular flexibility index (Phi) is 9.33. The van der Waals surface area contributed by atoms with Crippen molar-refractivity contribution < 1.29 is 13.3 Å². The van der Waals surface area contributed by atoms with Gasteiger partial charge in [0.15, 0.2) is 0 Å². The summed E-state index contributed by atoms with van der Waals surface area (Å²) in [6.07, 6.45) is 2.02. The minimum Gasteiger partial charge on any atom is -0.361 e. The van der Waals surface area contributed by atoms with Gasteiger partial charge in [-0.05, 0) is 33.2 Å². The largest absolute Gasteiger partial charge is 0.596 e. The highest BCUT2D eigenvalue weighted by Gasteiger charge is 2.41. The molecule has 0 aromatic heterocycles. The summed E-state index contributed by atoms with van der Waals surface area (Å²) >= 11 is 0. The standard InChI is InChI=1S/C10H25NO3Si/c1-5-9-11-15(12-7-3,13-8-4)14-10-6-2/h11H,5-10H2,1-4H3. The molecule has 0 bridgehead atoms. The summed E-state index contributed by atoms with van der Waals surface area (Å²) in [6.45, 7) is 10.9. The summed E-state index contributed by atoms with van der Waals surface area (Å²) in [5, 5.41) is 0. The minimum atomic E-state index is -2.59. The molecule has 0 radical (unpaired) electrons. The zero-order chi connectivity index (χ0) is 11.6. The molecule has 0 amide bonds. The van der Waals surface area contributed by atoms with Gasteiger partial charge in [-0.15, -0.1) is 0 Å². The van der Waals surface area contributed by atoms with E-state index in [0.717, 1.165) is 19.4 Å². The molecule has 15 heavy (non-hydrogen) atoms. The third kappa shape index (κ3) is 6.27. The molecule has 0 aliphatic carbocycles. The first-order valence-corrected chi connectivity index (χ1v) is 7.64. The maximum Gasteiger partial charge on any atom is 0.596 e. The van der Waals surface area contributed by atoms with Gasteiger partial charge < -0.3 is 13.3 Å². The van der Waals surface area contributed by atoms with Crippen LogP contribution in [0.1, 0.15) is 40.5 Å². The quantitative estimate of drug-likeness (QED) is 0.587. The molecule has 4 nitrogen and oxygen atoms in total. The Morgan fingerprint density at radius 2 is 1.47 bits per heavy atom. The molecule has 0 spiro atoms. The van der Waals surface area contributed by atoms with Crippen molar-refractivity contribution in [3.8, 4) is 0 Å². The summed E-state index contributed by atoms with van der Waals surface area (Å²) in [7, 11) is -2.59. The molecular weight excluding hydrogens is 210 g/mol. The highest BCUT2D eigenvalue weighted by atomic mass is 28.4. The maximum atomic E-state index is 5.75. The van der Waals surface area contributed by atoms with Crippen LogP contribution in [-0.4, -0.2) is 35.3 Å². The van der Waals surface area contributed by atoms with E-state index in [4.69, 9.17) is 13.3 Å². The van der Waals surface area contributed by atoms with Crippen molar-refractivity contribution >= 4 is 8.97 Å². The van der Waals surface area contributed by atoms with Crippen molar-refractivity contribution in [3.63, 3.8) is 0 Å². The van der Waals surface area contributed by atoms with Gasteiger partial charge in [-0.25, -0.2) is 0 Å². The predicted molar refractivity (Wildman–Crippen MR) is 63.5 cm³/mol. The molecular formula is C10H25NO3Si. The van der Waals surface area contributed by atoms with E-state index in [9.17, 15) is 0 Å². The maximum absolute atomic E-state index is 5.75. The molecule has 0 saturated carbocycles. The fraction of sp³-hybridized carbons (Fsp3) is 1.00. The minimum absolute atomic E-state index is 0.618. The fourth-order valence-corrected chi connectivity index (χ4v) is 3.52. The van der Waals surface area contributed by atoms with E-state index in [1.807, 2.05) is 13.8 Å². The van der Waals surface area contributed by atoms with Crippen LogP contribution in [0, 0.1) is 0 Å². The summed E-state index contributed by atoms with van der Waals surface area (Å²) in [6, 6.07) is 0. The van der Waals surface area contributed by atoms with E-state index >= 15 is 0 Å². The van der Waals surface area contributed by atoms with Crippen LogP contribution in [0.5, 0.6) is 0 Å². The van der Waals surface area contributed by atoms with Gasteiger partial charge in [-0.2, -0.15) is 0 Å². The molecule has 0 aromatic carbocycles. The summed E-state index contributed by atoms with van der Waals surface area (Å²) in [5.41, 5.74) is 0. The Morgan fingerprint density at radius 1 is 0.867 bits per heavy atom. The van der Waals surface area contributed by atoms with Gasteiger partial charge in [0.2, 0.25) is 0 Å². The average molecular weight is 235 g/mol. The first-order chi connectivity index (χ1) is 7.24. The molecule has 0 aliphatic rings. The number of hydrogen-bond acceptors (Lipinski definition) is 4. The van der Waals surface area contributed by atoms with E-state index in [0.29, 0.717) is 19.8 Å². The van der Waals surface area contributed by atoms with Crippen LogP contribution in [0.4, 0.5) is 0 Å². The molecule has 0 aliphatic heterocycles. The van der Waals surface area contributed by atoms with E-state index in [2.05, 4.69) is 18.8 Å². The Balaban J connectivity index is 4.26. The average Bonchev–Trinajstić information content (AvgIpc) is 2.24. The lowest BCUT2D eigenvalue weighted by Gasteiger charge is -2.28. The van der Waals surface area contributed by atoms with Gasteiger partial charge in [0.1, 0.15) is 0 Å². The van der Waals surface area contributed by atoms with Gasteiger partial charge in [0.05, 0.1) is 0 Å². The fourth-order valence-electron chi connectivity index (χ4n) is 1.17. The third-order valence-corrected chi connectivity index (χ3v) is 4.36. The van der Waals surface area contributed by atoms with E-state index in [1.54, 1.807) is 0 Å². The zero-order valence-electron chi connectivity index (χ0n) is 10.5. The van der Waals surface area contributed by atoms with Crippen molar-refractivity contribution in [2.45, 2.75) is 40.5 Å². The first kappa shape index (κ1) is 15.1. The molecule has 0 saturated heterocycles. The second-order valence-corrected chi connectivity index (χ2v) is 5.53. The number of rotatable bonds is 10. The highest BCUT2D eigenvalue weighted by molar-refractivity contribution is 6.57. The van der Waals surface area contributed by atoms with Gasteiger partial charge in [0.25, 0.3) is 0 Å². The summed E-state index contributed by atoms with van der Waals surface area (Å²) in [4.78, 5) is 3.29. The van der Waals surface area contributed by atoms with E-state index < -0.39 is 8.97 Å². The normalized spacial score (nSPS) is 12.0. The van der Waals surface area contributed by atoms with Gasteiger partial charge in [-0.1, -0.05) is 13.8 Å². The van der Waals surface area contributed by atoms with Crippen LogP contribution in [-0.2, 0) is 13.3 Å². The second-order valence-electron chi connectivity index (χ2n) is 3.20. The Labute approximate surface area is 94.7 Å². The van der Waals surface area contributed by atoms with Crippen LogP contribution in [0.2, 0.25) is 0 Å². The van der Waals surface area contributed by atoms with Gasteiger partial charge in [-0.3, -0.25) is 4.98 Å². The van der Waals surface area contributed by atoms with E-state index in [-0.39, 0.29) is 0 Å². The lowest BCUT2D eigenvalue weighted by atomic mass is 10.5. The Hall–Kier alpha value is 0.0569. The van der Waals surface area contributed by atoms with Crippen molar-refractivity contribution in [1.82, 2.24) is 4.98 Å². The van der Waals surface area contributed by atoms with E-state index in [1.165, 1.54) is 0 Å². The van der Waals surface area contributed by atoms with Crippen LogP contribution < -0.4 is 4.98 Å². The van der Waals surface area contributed by atoms with Crippen molar-refractivity contribution in [3.05, 3.63) is 0 Å². The zero-order valence-corrected chi connectivity index (χ0v) is 11.5. The van der Waals surface area contributed by atoms with Crippen molar-refractivity contribution in [1.29, 1.82) is 0 Å². The highest BCUT2D eigenvalue weighted by Crippen LogP contribution is 2.07. The van der Waals surface area contributed by atoms with Crippen LogP contribution in [0.3, 0.4) is 0 Å². The molecule has 0 heterocycles. The second kappa shape index (κ2) is 9.29. The molecule has 0 fully saturated rings. The lowest BCUT2D eigenvalue weighted by molar-refractivity contribution is 0.0560. The number of hydrogen-bond donors (Lipinski definition) is 1. The molecule has 1 N–H and O–H groups in total. The SMILES string of the molecule is CCCN[Si](OCC)(OCC)OCCC. The topological polar surface area (TPSA) is 39.7 Å². The summed E-state index contributed by atoms with van der Waals surface area (Å²) < 4.78 is 17.1. The molecule has 92 valence electrons. The smallest absolute Gasteiger partial charge is 0.361 e. The monoisotopic (exact) mass is 235 g/mol. The molecule has 0 rings (SSSR count). The first-order valence-electron chi connectivity index (χ1n) is 5.91. The van der Waals surface area contributed by atoms with Crippen LogP contribution in [0.15, 0.2) is 0 Å². The lowest BCUT2D eigenvalue weighted by Crippen LogP contribution is -2.59. The molecule has 0 atom stereocenters. The van der Waals surface area contributed by atoms with Crippen molar-refractivity contribution in [2.75, 3.05) is 26.4 Å². The number of nitrogens with one attached hydrogen (secondary N) is 1. The van der Waals surface area contributed by atoms with Crippen LogP contribution >= 0.6 is 0 Å². The Bertz CT molecular complexity index is 131. The molecule has 0 unspecified atom stereocenters. The third-order valence-electron chi connectivity index (χ3n) is 1.76.